The summed E-state index contributed by atoms with van der Waals surface area (Å²) in [7, 11) is 0.726. The predicted octanol–water partition coefficient (Wildman–Crippen LogP) is 2.47. The Hall–Kier alpha value is -1.11. The van der Waals surface area contributed by atoms with Crippen LogP contribution in [-0.4, -0.2) is 25.4 Å². The minimum atomic E-state index is -0.717. The van der Waals surface area contributed by atoms with E-state index in [1.54, 1.807) is 18.2 Å². The van der Waals surface area contributed by atoms with Crippen LogP contribution < -0.4 is 10.5 Å². The number of methoxy groups -OCH3 is 1. The number of hydrogen-bond acceptors (Lipinski definition) is 4. The molecular weight excluding hydrogens is 260 g/mol. The molecule has 2 N–H and O–H groups in total. The highest BCUT2D eigenvalue weighted by atomic mass is 19.1. The van der Waals surface area contributed by atoms with Crippen molar-refractivity contribution in [2.45, 2.75) is 44.8 Å². The summed E-state index contributed by atoms with van der Waals surface area (Å²) in [6.07, 6.45) is 0. The number of ether oxygens (including phenoxy) is 1. The molecule has 1 atom stereocenters. The molecule has 1 heterocycles. The fourth-order valence-corrected chi connectivity index (χ4v) is 2.12. The Kier molecular flexibility index (Phi) is 3.84. The molecule has 6 heteroatoms. The van der Waals surface area contributed by atoms with Gasteiger partial charge in [0.2, 0.25) is 0 Å². The van der Waals surface area contributed by atoms with Gasteiger partial charge in [-0.2, -0.15) is 0 Å². The smallest absolute Gasteiger partial charge is 0.480 e. The maximum Gasteiger partial charge on any atom is 0.480 e. The number of nitrogens with two attached hydrogens (primary N) is 1. The second-order valence-electron chi connectivity index (χ2n) is 6.01. The standard InChI is InChI=1S/C14H21BFNO3/c1-13(2)14(3,4)20-15(19-13)12(17)9-7-6-8-10(18-5)11(9)16/h6-8,12H,17H2,1-5H3/t12-/m0/s1. The third kappa shape index (κ3) is 2.43. The summed E-state index contributed by atoms with van der Waals surface area (Å²) in [6, 6.07) is 4.87. The van der Waals surface area contributed by atoms with E-state index in [0.717, 1.165) is 0 Å². The van der Waals surface area contributed by atoms with E-state index in [2.05, 4.69) is 0 Å². The molecule has 20 heavy (non-hydrogen) atoms. The average molecular weight is 281 g/mol. The highest BCUT2D eigenvalue weighted by Gasteiger charge is 2.53. The van der Waals surface area contributed by atoms with Gasteiger partial charge in [-0.05, 0) is 33.8 Å². The van der Waals surface area contributed by atoms with Crippen LogP contribution in [0.4, 0.5) is 4.39 Å². The number of benzene rings is 1. The third-order valence-electron chi connectivity index (χ3n) is 4.14. The Morgan fingerprint density at radius 3 is 2.25 bits per heavy atom. The van der Waals surface area contributed by atoms with E-state index in [1.165, 1.54) is 7.11 Å². The molecule has 1 fully saturated rings. The zero-order valence-electron chi connectivity index (χ0n) is 12.6. The lowest BCUT2D eigenvalue weighted by Crippen LogP contribution is -2.41. The fourth-order valence-electron chi connectivity index (χ4n) is 2.12. The molecule has 0 unspecified atom stereocenters. The van der Waals surface area contributed by atoms with Crippen molar-refractivity contribution in [3.05, 3.63) is 29.6 Å². The molecule has 4 nitrogen and oxygen atoms in total. The SMILES string of the molecule is COc1cccc([C@H](N)B2OC(C)(C)C(C)(C)O2)c1F. The van der Waals surface area contributed by atoms with Crippen molar-refractivity contribution in [1.82, 2.24) is 0 Å². The van der Waals surface area contributed by atoms with Crippen LogP contribution in [0, 0.1) is 5.82 Å². The Labute approximate surface area is 119 Å². The van der Waals surface area contributed by atoms with Crippen LogP contribution in [0.1, 0.15) is 39.2 Å². The zero-order valence-corrected chi connectivity index (χ0v) is 12.6. The summed E-state index contributed by atoms with van der Waals surface area (Å²) in [6.45, 7) is 7.73. The molecule has 0 spiro atoms. The molecule has 1 aliphatic heterocycles. The van der Waals surface area contributed by atoms with Gasteiger partial charge < -0.3 is 19.8 Å². The topological polar surface area (TPSA) is 53.7 Å². The monoisotopic (exact) mass is 281 g/mol. The Bertz CT molecular complexity index is 491. The first-order chi connectivity index (χ1) is 9.19. The van der Waals surface area contributed by atoms with Gasteiger partial charge in [-0.15, -0.1) is 0 Å². The van der Waals surface area contributed by atoms with Crippen molar-refractivity contribution in [2.75, 3.05) is 7.11 Å². The minimum Gasteiger partial charge on any atom is -0.494 e. The summed E-state index contributed by atoms with van der Waals surface area (Å²) in [5, 5.41) is 0. The van der Waals surface area contributed by atoms with Crippen molar-refractivity contribution in [3.8, 4) is 5.75 Å². The van der Waals surface area contributed by atoms with Crippen molar-refractivity contribution in [3.63, 3.8) is 0 Å². The molecule has 110 valence electrons. The summed E-state index contributed by atoms with van der Waals surface area (Å²) in [4.78, 5) is 0. The quantitative estimate of drug-likeness (QED) is 0.865. The number of rotatable bonds is 3. The number of hydrogen-bond donors (Lipinski definition) is 1. The van der Waals surface area contributed by atoms with Gasteiger partial charge >= 0.3 is 7.12 Å². The van der Waals surface area contributed by atoms with Gasteiger partial charge in [0.25, 0.3) is 0 Å². The lowest BCUT2D eigenvalue weighted by molar-refractivity contribution is 0.00578. The van der Waals surface area contributed by atoms with Gasteiger partial charge in [-0.3, -0.25) is 0 Å². The highest BCUT2D eigenvalue weighted by Crippen LogP contribution is 2.40. The largest absolute Gasteiger partial charge is 0.494 e. The van der Waals surface area contributed by atoms with E-state index in [-0.39, 0.29) is 5.75 Å². The Morgan fingerprint density at radius 2 is 1.75 bits per heavy atom. The fraction of sp³-hybridized carbons (Fsp3) is 0.571. The van der Waals surface area contributed by atoms with E-state index in [9.17, 15) is 4.39 Å². The Balaban J connectivity index is 2.28. The Morgan fingerprint density at radius 1 is 1.20 bits per heavy atom. The summed E-state index contributed by atoms with van der Waals surface area (Å²) in [5.41, 5.74) is 5.45. The van der Waals surface area contributed by atoms with Crippen molar-refractivity contribution in [1.29, 1.82) is 0 Å². The normalized spacial score (nSPS) is 21.9. The zero-order chi connectivity index (χ0) is 15.1. The first kappa shape index (κ1) is 15.3. The van der Waals surface area contributed by atoms with Gasteiger partial charge in [-0.25, -0.2) is 4.39 Å². The van der Waals surface area contributed by atoms with Crippen molar-refractivity contribution < 1.29 is 18.4 Å². The molecule has 0 aliphatic carbocycles. The molecule has 0 bridgehead atoms. The van der Waals surface area contributed by atoms with Crippen LogP contribution in [0.3, 0.4) is 0 Å². The van der Waals surface area contributed by atoms with Gasteiger partial charge in [0.05, 0.1) is 24.3 Å². The van der Waals surface area contributed by atoms with E-state index in [0.29, 0.717) is 5.56 Å². The molecule has 0 aromatic heterocycles. The summed E-state index contributed by atoms with van der Waals surface area (Å²) < 4.78 is 30.9. The maximum absolute atomic E-state index is 14.2. The minimum absolute atomic E-state index is 0.162. The van der Waals surface area contributed by atoms with Crippen LogP contribution in [0.25, 0.3) is 0 Å². The van der Waals surface area contributed by atoms with Crippen LogP contribution in [0.2, 0.25) is 0 Å². The molecule has 1 aromatic rings. The third-order valence-corrected chi connectivity index (χ3v) is 4.14. The van der Waals surface area contributed by atoms with E-state index in [4.69, 9.17) is 19.8 Å². The lowest BCUT2D eigenvalue weighted by atomic mass is 9.74. The van der Waals surface area contributed by atoms with Gasteiger partial charge in [-0.1, -0.05) is 12.1 Å². The van der Waals surface area contributed by atoms with Crippen molar-refractivity contribution in [2.24, 2.45) is 5.73 Å². The summed E-state index contributed by atoms with van der Waals surface area (Å²) >= 11 is 0. The molecule has 0 saturated carbocycles. The van der Waals surface area contributed by atoms with E-state index >= 15 is 0 Å². The first-order valence-corrected chi connectivity index (χ1v) is 6.63. The van der Waals surface area contributed by atoms with Gasteiger partial charge in [0, 0.05) is 5.56 Å². The van der Waals surface area contributed by atoms with Crippen LogP contribution in [0.15, 0.2) is 18.2 Å². The first-order valence-electron chi connectivity index (χ1n) is 6.63. The van der Waals surface area contributed by atoms with E-state index in [1.807, 2.05) is 27.7 Å². The lowest BCUT2D eigenvalue weighted by Gasteiger charge is -2.32. The molecular formula is C14H21BFNO3. The predicted molar refractivity (Wildman–Crippen MR) is 76.0 cm³/mol. The molecule has 0 radical (unpaired) electrons. The van der Waals surface area contributed by atoms with Crippen molar-refractivity contribution >= 4 is 7.12 Å². The van der Waals surface area contributed by atoms with Crippen LogP contribution in [0.5, 0.6) is 5.75 Å². The van der Waals surface area contributed by atoms with Crippen LogP contribution >= 0.6 is 0 Å². The summed E-state index contributed by atoms with van der Waals surface area (Å²) in [5.74, 6) is -1.03. The highest BCUT2D eigenvalue weighted by molar-refractivity contribution is 6.47. The second kappa shape index (κ2) is 5.02. The molecule has 1 aromatic carbocycles. The molecule has 2 rings (SSSR count). The molecule has 1 aliphatic rings. The average Bonchev–Trinajstić information content (AvgIpc) is 2.58. The van der Waals surface area contributed by atoms with Crippen LogP contribution in [-0.2, 0) is 9.31 Å². The van der Waals surface area contributed by atoms with Gasteiger partial charge in [0.1, 0.15) is 0 Å². The maximum atomic E-state index is 14.2. The van der Waals surface area contributed by atoms with E-state index < -0.39 is 30.1 Å². The second-order valence-corrected chi connectivity index (χ2v) is 6.01. The molecule has 0 amide bonds. The van der Waals surface area contributed by atoms with Gasteiger partial charge in [0.15, 0.2) is 11.6 Å². The number of halogens is 1. The molecule has 1 saturated heterocycles.